The Morgan fingerprint density at radius 3 is 2.32 bits per heavy atom. The predicted octanol–water partition coefficient (Wildman–Crippen LogP) is 4.13. The van der Waals surface area contributed by atoms with Crippen molar-refractivity contribution in [2.75, 3.05) is 13.1 Å². The summed E-state index contributed by atoms with van der Waals surface area (Å²) in [4.78, 5) is 14.2. The molecule has 5 nitrogen and oxygen atoms in total. The molecular weight excluding hydrogens is 408 g/mol. The van der Waals surface area contributed by atoms with E-state index in [9.17, 15) is 13.2 Å². The zero-order valence-electron chi connectivity index (χ0n) is 17.3. The minimum atomic E-state index is -3.59. The highest BCUT2D eigenvalue weighted by Gasteiger charge is 2.21. The third kappa shape index (κ3) is 5.03. The van der Waals surface area contributed by atoms with Crippen molar-refractivity contribution in [3.05, 3.63) is 83.9 Å². The number of rotatable bonds is 3. The molecular formula is C25H26N2O3S. The molecule has 0 bridgehead atoms. The lowest BCUT2D eigenvalue weighted by Crippen LogP contribution is -2.27. The summed E-state index contributed by atoms with van der Waals surface area (Å²) in [7, 11) is -3.59. The van der Waals surface area contributed by atoms with Gasteiger partial charge in [-0.25, -0.2) is 13.6 Å². The maximum atomic E-state index is 12.1. The van der Waals surface area contributed by atoms with Crippen molar-refractivity contribution in [3.63, 3.8) is 0 Å². The normalized spacial score (nSPS) is 15.3. The Balaban J connectivity index is 0.000000152. The number of hydrogen-bond donors (Lipinski definition) is 1. The van der Waals surface area contributed by atoms with Gasteiger partial charge in [-0.1, -0.05) is 60.7 Å². The third-order valence-corrected chi connectivity index (χ3v) is 6.69. The molecule has 31 heavy (non-hydrogen) atoms. The van der Waals surface area contributed by atoms with Gasteiger partial charge in [-0.2, -0.15) is 0 Å². The Labute approximate surface area is 183 Å². The first-order chi connectivity index (χ1) is 14.9. The van der Waals surface area contributed by atoms with E-state index < -0.39 is 10.0 Å². The lowest BCUT2D eigenvalue weighted by atomic mass is 10.0. The molecule has 0 unspecified atom stereocenters. The Hall–Kier alpha value is -2.96. The lowest BCUT2D eigenvalue weighted by molar-refractivity contribution is -0.128. The van der Waals surface area contributed by atoms with Gasteiger partial charge in [0, 0.05) is 13.1 Å². The van der Waals surface area contributed by atoms with Crippen molar-refractivity contribution in [1.82, 2.24) is 4.90 Å². The van der Waals surface area contributed by atoms with Crippen molar-refractivity contribution < 1.29 is 13.2 Å². The quantitative estimate of drug-likeness (QED) is 0.673. The van der Waals surface area contributed by atoms with Gasteiger partial charge in [0.15, 0.2) is 0 Å². The second-order valence-electron chi connectivity index (χ2n) is 7.91. The number of primary sulfonamides is 1. The van der Waals surface area contributed by atoms with Crippen LogP contribution in [0.1, 0.15) is 30.4 Å². The monoisotopic (exact) mass is 434 g/mol. The number of hydrogen-bond acceptors (Lipinski definition) is 3. The van der Waals surface area contributed by atoms with Crippen LogP contribution < -0.4 is 5.14 Å². The zero-order valence-corrected chi connectivity index (χ0v) is 18.1. The fraction of sp³-hybridized carbons (Fsp3) is 0.240. The van der Waals surface area contributed by atoms with Gasteiger partial charge in [-0.15, -0.1) is 0 Å². The van der Waals surface area contributed by atoms with Gasteiger partial charge in [-0.3, -0.25) is 4.79 Å². The van der Waals surface area contributed by atoms with Crippen molar-refractivity contribution in [1.29, 1.82) is 0 Å². The van der Waals surface area contributed by atoms with Crippen LogP contribution in [0, 0.1) is 0 Å². The Morgan fingerprint density at radius 2 is 1.58 bits per heavy atom. The minimum Gasteiger partial charge on any atom is -0.342 e. The van der Waals surface area contributed by atoms with Crippen molar-refractivity contribution >= 4 is 32.3 Å². The SMILES string of the molecule is NS(=O)(=O)c1ccc2ccccc2c1.O=C(CC1=CCc2ccccc21)N1CCCC1. The predicted molar refractivity (Wildman–Crippen MR) is 124 cm³/mol. The summed E-state index contributed by atoms with van der Waals surface area (Å²) in [6.45, 7) is 1.90. The second kappa shape index (κ2) is 9.04. The molecule has 1 aliphatic carbocycles. The maximum absolute atomic E-state index is 12.1. The zero-order chi connectivity index (χ0) is 21.8. The molecule has 1 amide bonds. The average Bonchev–Trinajstić information content (AvgIpc) is 3.44. The van der Waals surface area contributed by atoms with Crippen LogP contribution in [0.3, 0.4) is 0 Å². The van der Waals surface area contributed by atoms with Crippen molar-refractivity contribution in [2.24, 2.45) is 5.14 Å². The van der Waals surface area contributed by atoms with Crippen LogP contribution in [-0.4, -0.2) is 32.3 Å². The smallest absolute Gasteiger partial charge is 0.238 e. The molecule has 5 rings (SSSR count). The molecule has 1 heterocycles. The van der Waals surface area contributed by atoms with Crippen LogP contribution in [0.4, 0.5) is 0 Å². The van der Waals surface area contributed by atoms with Crippen molar-refractivity contribution in [2.45, 2.75) is 30.6 Å². The molecule has 2 aliphatic rings. The number of nitrogens with two attached hydrogens (primary N) is 1. The van der Waals surface area contributed by atoms with Gasteiger partial charge < -0.3 is 4.90 Å². The van der Waals surface area contributed by atoms with Gasteiger partial charge in [0.05, 0.1) is 11.3 Å². The summed E-state index contributed by atoms with van der Waals surface area (Å²) < 4.78 is 22.1. The summed E-state index contributed by atoms with van der Waals surface area (Å²) >= 11 is 0. The van der Waals surface area contributed by atoms with E-state index in [4.69, 9.17) is 5.14 Å². The molecule has 0 aromatic heterocycles. The number of carbonyl (C=O) groups is 1. The molecule has 3 aromatic carbocycles. The molecule has 6 heteroatoms. The van der Waals surface area contributed by atoms with Gasteiger partial charge in [0.1, 0.15) is 0 Å². The summed E-state index contributed by atoms with van der Waals surface area (Å²) in [5, 5.41) is 6.89. The maximum Gasteiger partial charge on any atom is 0.238 e. The molecule has 3 aromatic rings. The van der Waals surface area contributed by atoms with Gasteiger partial charge in [0.25, 0.3) is 0 Å². The number of benzene rings is 3. The van der Waals surface area contributed by atoms with E-state index in [1.165, 1.54) is 35.6 Å². The highest BCUT2D eigenvalue weighted by Crippen LogP contribution is 2.30. The number of likely N-dealkylation sites (tertiary alicyclic amines) is 1. The first-order valence-corrected chi connectivity index (χ1v) is 12.0. The van der Waals surface area contributed by atoms with E-state index in [-0.39, 0.29) is 4.90 Å². The number of nitrogens with zero attached hydrogens (tertiary/aromatic N) is 1. The van der Waals surface area contributed by atoms with E-state index in [2.05, 4.69) is 30.3 Å². The standard InChI is InChI=1S/C15H17NO.C10H9NO2S/c17-15(16-9-3-4-10-16)11-13-8-7-12-5-1-2-6-14(12)13;11-14(12,13)10-6-5-8-3-1-2-4-9(8)7-10/h1-2,5-6,8H,3-4,7,9-11H2;1-7H,(H2,11,12,13). The van der Waals surface area contributed by atoms with Gasteiger partial charge in [-0.05, 0) is 58.9 Å². The Morgan fingerprint density at radius 1 is 0.903 bits per heavy atom. The van der Waals surface area contributed by atoms with E-state index in [1.807, 2.05) is 29.2 Å². The van der Waals surface area contributed by atoms with Crippen molar-refractivity contribution in [3.8, 4) is 0 Å². The molecule has 160 valence electrons. The first kappa shape index (κ1) is 21.3. The van der Waals surface area contributed by atoms with E-state index in [0.29, 0.717) is 12.3 Å². The topological polar surface area (TPSA) is 80.5 Å². The second-order valence-corrected chi connectivity index (χ2v) is 9.47. The molecule has 0 radical (unpaired) electrons. The molecule has 1 fully saturated rings. The average molecular weight is 435 g/mol. The summed E-state index contributed by atoms with van der Waals surface area (Å²) in [5.74, 6) is 0.297. The molecule has 2 N–H and O–H groups in total. The number of fused-ring (bicyclic) bond motifs is 2. The van der Waals surface area contributed by atoms with Crippen LogP contribution in [0.5, 0.6) is 0 Å². The fourth-order valence-corrected chi connectivity index (χ4v) is 4.66. The minimum absolute atomic E-state index is 0.149. The van der Waals surface area contributed by atoms with Crippen LogP contribution in [0.25, 0.3) is 16.3 Å². The lowest BCUT2D eigenvalue weighted by Gasteiger charge is -2.15. The number of carbonyl (C=O) groups excluding carboxylic acids is 1. The van der Waals surface area contributed by atoms with Gasteiger partial charge in [0.2, 0.25) is 15.9 Å². The van der Waals surface area contributed by atoms with E-state index in [1.54, 1.807) is 12.1 Å². The number of sulfonamides is 1. The largest absolute Gasteiger partial charge is 0.342 e. The molecule has 0 saturated carbocycles. The molecule has 0 spiro atoms. The molecule has 1 saturated heterocycles. The summed E-state index contributed by atoms with van der Waals surface area (Å²) in [6.07, 6.45) is 6.11. The molecule has 1 aliphatic heterocycles. The van der Waals surface area contributed by atoms with E-state index >= 15 is 0 Å². The van der Waals surface area contributed by atoms with Gasteiger partial charge >= 0.3 is 0 Å². The third-order valence-electron chi connectivity index (χ3n) is 5.78. The Bertz CT molecular complexity index is 1240. The van der Waals surface area contributed by atoms with Crippen LogP contribution >= 0.6 is 0 Å². The summed E-state index contributed by atoms with van der Waals surface area (Å²) in [6, 6.07) is 20.8. The molecule has 0 atom stereocenters. The van der Waals surface area contributed by atoms with Crippen LogP contribution in [-0.2, 0) is 21.2 Å². The summed E-state index contributed by atoms with van der Waals surface area (Å²) in [5.41, 5.74) is 3.86. The Kier molecular flexibility index (Phi) is 6.20. The van der Waals surface area contributed by atoms with Crippen LogP contribution in [0.2, 0.25) is 0 Å². The number of allylic oxidation sites excluding steroid dienone is 1. The van der Waals surface area contributed by atoms with E-state index in [0.717, 1.165) is 30.3 Å². The van der Waals surface area contributed by atoms with Crippen LogP contribution in [0.15, 0.2) is 77.7 Å². The highest BCUT2D eigenvalue weighted by molar-refractivity contribution is 7.89. The number of amides is 1. The highest BCUT2D eigenvalue weighted by atomic mass is 32.2. The fourth-order valence-electron chi connectivity index (χ4n) is 4.11. The first-order valence-electron chi connectivity index (χ1n) is 10.5.